The third-order valence-corrected chi connectivity index (χ3v) is 2.49. The van der Waals surface area contributed by atoms with E-state index in [2.05, 4.69) is 15.0 Å². The van der Waals surface area contributed by atoms with Gasteiger partial charge < -0.3 is 20.4 Å². The van der Waals surface area contributed by atoms with Crippen LogP contribution in [0.2, 0.25) is 0 Å². The van der Waals surface area contributed by atoms with E-state index < -0.39 is 24.5 Å². The first-order chi connectivity index (χ1) is 9.60. The van der Waals surface area contributed by atoms with Crippen molar-refractivity contribution in [1.29, 1.82) is 0 Å². The number of hydrogen-bond donors (Lipinski definition) is 3. The maximum absolute atomic E-state index is 11.6. The minimum absolute atomic E-state index is 0.0266. The molecule has 0 saturated carbocycles. The monoisotopic (exact) mass is 281 g/mol. The molecule has 2 aromatic heterocycles. The van der Waals surface area contributed by atoms with Gasteiger partial charge in [-0.1, -0.05) is 0 Å². The summed E-state index contributed by atoms with van der Waals surface area (Å²) in [5, 5.41) is 8.88. The number of aromatic nitrogens is 4. The highest BCUT2D eigenvalue weighted by molar-refractivity contribution is 5.72. The fourth-order valence-corrected chi connectivity index (χ4v) is 1.59. The quantitative estimate of drug-likeness (QED) is 0.512. The maximum atomic E-state index is 11.6. The second kappa shape index (κ2) is 5.59. The number of aliphatic hydroxyl groups excluding tert-OH is 1. The summed E-state index contributed by atoms with van der Waals surface area (Å²) in [6.45, 7) is -0.587. The lowest BCUT2D eigenvalue weighted by Crippen LogP contribution is -2.26. The smallest absolute Gasteiger partial charge is 0.280 e. The van der Waals surface area contributed by atoms with Gasteiger partial charge >= 0.3 is 0 Å². The summed E-state index contributed by atoms with van der Waals surface area (Å²) in [6, 6.07) is 0. The van der Waals surface area contributed by atoms with Gasteiger partial charge in [-0.05, 0) is 0 Å². The molecule has 0 aliphatic heterocycles. The van der Waals surface area contributed by atoms with Crippen molar-refractivity contribution in [3.05, 3.63) is 16.7 Å². The van der Waals surface area contributed by atoms with Crippen LogP contribution in [-0.4, -0.2) is 49.9 Å². The molecular formula is C10H11N5O5. The van der Waals surface area contributed by atoms with Crippen LogP contribution in [0.25, 0.3) is 11.2 Å². The molecule has 2 aromatic rings. The fourth-order valence-electron chi connectivity index (χ4n) is 1.59. The van der Waals surface area contributed by atoms with Crippen LogP contribution in [0.5, 0.6) is 0 Å². The summed E-state index contributed by atoms with van der Waals surface area (Å²) in [7, 11) is 0. The Bertz CT molecular complexity index is 693. The van der Waals surface area contributed by atoms with Crippen molar-refractivity contribution < 1.29 is 19.4 Å². The molecule has 0 aliphatic carbocycles. The zero-order chi connectivity index (χ0) is 14.7. The van der Waals surface area contributed by atoms with E-state index in [-0.39, 0.29) is 17.1 Å². The first kappa shape index (κ1) is 13.8. The Morgan fingerprint density at radius 2 is 2.25 bits per heavy atom. The number of nitrogens with zero attached hydrogens (tertiary/aromatic N) is 3. The summed E-state index contributed by atoms with van der Waals surface area (Å²) in [5.74, 6) is -0.150. The summed E-state index contributed by atoms with van der Waals surface area (Å²) < 4.78 is 6.21. The van der Waals surface area contributed by atoms with E-state index in [1.165, 1.54) is 0 Å². The minimum atomic E-state index is -1.27. The number of nitrogens with two attached hydrogens (primary N) is 1. The molecule has 0 bridgehead atoms. The maximum Gasteiger partial charge on any atom is 0.280 e. The number of anilines is 1. The Kier molecular flexibility index (Phi) is 3.86. The number of ether oxygens (including phenoxy) is 1. The van der Waals surface area contributed by atoms with Crippen LogP contribution in [0, 0.1) is 0 Å². The molecule has 0 spiro atoms. The molecule has 0 saturated heterocycles. The van der Waals surface area contributed by atoms with Crippen molar-refractivity contribution in [2.45, 2.75) is 12.3 Å². The first-order valence-corrected chi connectivity index (χ1v) is 5.50. The Balaban J connectivity index is 2.47. The number of fused-ring (bicyclic) bond motifs is 1. The van der Waals surface area contributed by atoms with Crippen molar-refractivity contribution in [1.82, 2.24) is 19.5 Å². The number of carbonyl (C=O) groups is 2. The second-order valence-corrected chi connectivity index (χ2v) is 3.80. The summed E-state index contributed by atoms with van der Waals surface area (Å²) >= 11 is 0. The number of aromatic amines is 1. The molecule has 10 nitrogen and oxygen atoms in total. The number of hydrogen-bond acceptors (Lipinski definition) is 8. The molecule has 0 aromatic carbocycles. The van der Waals surface area contributed by atoms with Crippen LogP contribution in [0.15, 0.2) is 11.1 Å². The van der Waals surface area contributed by atoms with Crippen molar-refractivity contribution in [3.63, 3.8) is 0 Å². The fraction of sp³-hybridized carbons (Fsp3) is 0.300. The van der Waals surface area contributed by atoms with Crippen molar-refractivity contribution in [2.24, 2.45) is 0 Å². The lowest BCUT2D eigenvalue weighted by atomic mass is 10.4. The van der Waals surface area contributed by atoms with Gasteiger partial charge in [0, 0.05) is 0 Å². The van der Waals surface area contributed by atoms with E-state index in [4.69, 9.17) is 15.6 Å². The average Bonchev–Trinajstić information content (AvgIpc) is 2.84. The molecule has 2 rings (SSSR count). The SMILES string of the molecule is Nc1nc2c(ncn2C(C=O)OC(C=O)CO)c(=O)[nH]1. The molecule has 20 heavy (non-hydrogen) atoms. The van der Waals surface area contributed by atoms with Crippen LogP contribution in [-0.2, 0) is 14.3 Å². The number of nitrogens with one attached hydrogen (secondary N) is 1. The minimum Gasteiger partial charge on any atom is -0.393 e. The third kappa shape index (κ3) is 2.41. The number of H-pyrrole nitrogens is 1. The highest BCUT2D eigenvalue weighted by Crippen LogP contribution is 2.15. The lowest BCUT2D eigenvalue weighted by Gasteiger charge is -2.16. The predicted molar refractivity (Wildman–Crippen MR) is 65.7 cm³/mol. The highest BCUT2D eigenvalue weighted by Gasteiger charge is 2.20. The van der Waals surface area contributed by atoms with Crippen LogP contribution in [0.3, 0.4) is 0 Å². The standard InChI is InChI=1S/C10H11N5O5/c11-10-13-8-7(9(19)14-10)12-4-15(8)6(3-18)20-5(1-16)2-17/h1,3-6,17H,2H2,(H3,11,13,14,19). The average molecular weight is 281 g/mol. The topological polar surface area (TPSA) is 153 Å². The first-order valence-electron chi connectivity index (χ1n) is 5.50. The summed E-state index contributed by atoms with van der Waals surface area (Å²) in [5.41, 5.74) is 4.86. The van der Waals surface area contributed by atoms with Crippen molar-refractivity contribution in [3.8, 4) is 0 Å². The third-order valence-electron chi connectivity index (χ3n) is 2.49. The van der Waals surface area contributed by atoms with Gasteiger partial charge in [-0.25, -0.2) is 4.98 Å². The number of imidazole rings is 1. The molecule has 4 N–H and O–H groups in total. The van der Waals surface area contributed by atoms with E-state index in [0.29, 0.717) is 12.6 Å². The zero-order valence-electron chi connectivity index (χ0n) is 10.1. The number of rotatable bonds is 6. The molecule has 2 atom stereocenters. The number of aldehydes is 2. The van der Waals surface area contributed by atoms with Gasteiger partial charge in [0.25, 0.3) is 5.56 Å². The number of nitrogen functional groups attached to an aromatic ring is 1. The Hall–Kier alpha value is -2.59. The van der Waals surface area contributed by atoms with Crippen LogP contribution in [0.1, 0.15) is 6.23 Å². The van der Waals surface area contributed by atoms with Gasteiger partial charge in [-0.3, -0.25) is 19.1 Å². The normalized spacial score (nSPS) is 14.1. The van der Waals surface area contributed by atoms with Gasteiger partial charge in [-0.2, -0.15) is 4.98 Å². The molecule has 2 unspecified atom stereocenters. The van der Waals surface area contributed by atoms with Crippen molar-refractivity contribution >= 4 is 29.7 Å². The Labute approximate surface area is 111 Å². The molecule has 0 aliphatic rings. The highest BCUT2D eigenvalue weighted by atomic mass is 16.5. The molecule has 0 radical (unpaired) electrons. The van der Waals surface area contributed by atoms with Crippen LogP contribution in [0.4, 0.5) is 5.95 Å². The molecule has 10 heteroatoms. The molecule has 2 heterocycles. The lowest BCUT2D eigenvalue weighted by molar-refractivity contribution is -0.139. The molecule has 0 amide bonds. The molecular weight excluding hydrogens is 270 g/mol. The summed E-state index contributed by atoms with van der Waals surface area (Å²) in [4.78, 5) is 43.2. The predicted octanol–water partition coefficient (Wildman–Crippen LogP) is -2.02. The van der Waals surface area contributed by atoms with E-state index >= 15 is 0 Å². The van der Waals surface area contributed by atoms with Gasteiger partial charge in [0.05, 0.1) is 12.9 Å². The number of carbonyl (C=O) groups excluding carboxylic acids is 2. The number of aliphatic hydroxyl groups is 1. The van der Waals surface area contributed by atoms with Gasteiger partial charge in [-0.15, -0.1) is 0 Å². The van der Waals surface area contributed by atoms with E-state index in [0.717, 1.165) is 10.9 Å². The van der Waals surface area contributed by atoms with Crippen LogP contribution < -0.4 is 11.3 Å². The largest absolute Gasteiger partial charge is 0.393 e. The van der Waals surface area contributed by atoms with E-state index in [1.807, 2.05) is 0 Å². The van der Waals surface area contributed by atoms with Crippen molar-refractivity contribution in [2.75, 3.05) is 12.3 Å². The Morgan fingerprint density at radius 1 is 1.50 bits per heavy atom. The van der Waals surface area contributed by atoms with Gasteiger partial charge in [0.15, 0.2) is 30.0 Å². The Morgan fingerprint density at radius 3 is 2.85 bits per heavy atom. The van der Waals surface area contributed by atoms with E-state index in [9.17, 15) is 14.4 Å². The van der Waals surface area contributed by atoms with Gasteiger partial charge in [0.2, 0.25) is 5.95 Å². The summed E-state index contributed by atoms with van der Waals surface area (Å²) in [6.07, 6.45) is -0.556. The molecule has 0 fully saturated rings. The van der Waals surface area contributed by atoms with Gasteiger partial charge in [0.1, 0.15) is 6.10 Å². The zero-order valence-corrected chi connectivity index (χ0v) is 10.1. The van der Waals surface area contributed by atoms with E-state index in [1.54, 1.807) is 0 Å². The molecule has 106 valence electrons. The second-order valence-electron chi connectivity index (χ2n) is 3.80. The van der Waals surface area contributed by atoms with Crippen LogP contribution >= 0.6 is 0 Å².